The molecule has 20 heavy (non-hydrogen) atoms. The Morgan fingerprint density at radius 3 is 2.70 bits per heavy atom. The molecule has 0 saturated carbocycles. The molecule has 1 atom stereocenters. The molecule has 0 aliphatic carbocycles. The largest absolute Gasteiger partial charge is 0.346 e. The van der Waals surface area contributed by atoms with Crippen LogP contribution in [-0.4, -0.2) is 25.9 Å². The summed E-state index contributed by atoms with van der Waals surface area (Å²) in [5, 5.41) is 11.9. The van der Waals surface area contributed by atoms with Crippen LogP contribution in [0, 0.1) is 6.92 Å². The van der Waals surface area contributed by atoms with E-state index in [0.717, 1.165) is 37.6 Å². The van der Waals surface area contributed by atoms with Crippen LogP contribution in [0.3, 0.4) is 0 Å². The molecule has 2 aromatic heterocycles. The summed E-state index contributed by atoms with van der Waals surface area (Å²) in [5.74, 6) is 1.93. The van der Waals surface area contributed by atoms with Gasteiger partial charge < -0.3 is 14.5 Å². The van der Waals surface area contributed by atoms with Crippen LogP contribution in [0.5, 0.6) is 0 Å². The molecule has 0 aliphatic heterocycles. The maximum Gasteiger partial charge on any atom is 0.152 e. The van der Waals surface area contributed by atoms with Gasteiger partial charge in [-0.1, -0.05) is 13.8 Å². The lowest BCUT2D eigenvalue weighted by Gasteiger charge is -2.15. The van der Waals surface area contributed by atoms with Gasteiger partial charge in [0.15, 0.2) is 5.82 Å². The van der Waals surface area contributed by atoms with Gasteiger partial charge in [-0.2, -0.15) is 0 Å². The van der Waals surface area contributed by atoms with Gasteiger partial charge in [0.25, 0.3) is 0 Å². The van der Waals surface area contributed by atoms with Crippen LogP contribution in [0.1, 0.15) is 49.9 Å². The van der Waals surface area contributed by atoms with E-state index in [2.05, 4.69) is 52.4 Å². The summed E-state index contributed by atoms with van der Waals surface area (Å²) in [5.41, 5.74) is 1.35. The van der Waals surface area contributed by atoms with Crippen LogP contribution < -0.4 is 5.32 Å². The second-order valence-corrected chi connectivity index (χ2v) is 5.25. The summed E-state index contributed by atoms with van der Waals surface area (Å²) in [6.45, 7) is 8.21. The Balaban J connectivity index is 2.06. The number of hydrogen-bond acceptors (Lipinski definition) is 3. The Morgan fingerprint density at radius 1 is 1.30 bits per heavy atom. The van der Waals surface area contributed by atoms with E-state index >= 15 is 0 Å². The second-order valence-electron chi connectivity index (χ2n) is 5.25. The Bertz CT molecular complexity index is 540. The lowest BCUT2D eigenvalue weighted by Crippen LogP contribution is -2.21. The molecule has 1 N–H and O–H groups in total. The van der Waals surface area contributed by atoms with Crippen molar-refractivity contribution in [2.75, 3.05) is 6.54 Å². The number of aromatic nitrogens is 4. The Morgan fingerprint density at radius 2 is 2.10 bits per heavy atom. The van der Waals surface area contributed by atoms with E-state index in [-0.39, 0.29) is 0 Å². The standard InChI is InChI=1S/C15H25N5/c1-5-8-16-14(6-2)13-7-9-20(10-13)11-15-18-17-12(3)19(15)4/h7,9-10,14,16H,5-6,8,11H2,1-4H3. The van der Waals surface area contributed by atoms with E-state index in [1.807, 2.05) is 18.5 Å². The molecule has 0 bridgehead atoms. The van der Waals surface area contributed by atoms with Gasteiger partial charge in [0.1, 0.15) is 5.82 Å². The average Bonchev–Trinajstić information content (AvgIpc) is 3.02. The highest BCUT2D eigenvalue weighted by Crippen LogP contribution is 2.17. The number of rotatable bonds is 7. The fourth-order valence-electron chi connectivity index (χ4n) is 2.33. The van der Waals surface area contributed by atoms with Crippen LogP contribution in [-0.2, 0) is 13.6 Å². The van der Waals surface area contributed by atoms with Crippen LogP contribution in [0.25, 0.3) is 0 Å². The molecule has 2 aromatic rings. The zero-order chi connectivity index (χ0) is 14.5. The lowest BCUT2D eigenvalue weighted by molar-refractivity contribution is 0.517. The molecule has 2 heterocycles. The first-order chi connectivity index (χ1) is 9.65. The quantitative estimate of drug-likeness (QED) is 0.844. The topological polar surface area (TPSA) is 47.7 Å². The first kappa shape index (κ1) is 14.8. The van der Waals surface area contributed by atoms with Crippen LogP contribution in [0.15, 0.2) is 18.5 Å². The van der Waals surface area contributed by atoms with Crippen molar-refractivity contribution in [3.8, 4) is 0 Å². The van der Waals surface area contributed by atoms with E-state index in [9.17, 15) is 0 Å². The highest BCUT2D eigenvalue weighted by Gasteiger charge is 2.11. The molecule has 0 amide bonds. The predicted molar refractivity (Wildman–Crippen MR) is 80.6 cm³/mol. The van der Waals surface area contributed by atoms with Crippen molar-refractivity contribution in [2.24, 2.45) is 7.05 Å². The molecule has 2 rings (SSSR count). The van der Waals surface area contributed by atoms with E-state index in [4.69, 9.17) is 0 Å². The summed E-state index contributed by atoms with van der Waals surface area (Å²) in [6, 6.07) is 2.64. The Kier molecular flexibility index (Phi) is 4.95. The molecule has 5 heteroatoms. The van der Waals surface area contributed by atoms with Gasteiger partial charge in [0.05, 0.1) is 6.54 Å². The fraction of sp³-hybridized carbons (Fsp3) is 0.600. The van der Waals surface area contributed by atoms with Crippen molar-refractivity contribution >= 4 is 0 Å². The second kappa shape index (κ2) is 6.70. The van der Waals surface area contributed by atoms with Gasteiger partial charge in [-0.05, 0) is 37.9 Å². The first-order valence-corrected chi connectivity index (χ1v) is 7.39. The van der Waals surface area contributed by atoms with E-state index in [1.54, 1.807) is 0 Å². The van der Waals surface area contributed by atoms with E-state index < -0.39 is 0 Å². The maximum absolute atomic E-state index is 4.21. The summed E-state index contributed by atoms with van der Waals surface area (Å²) in [4.78, 5) is 0. The van der Waals surface area contributed by atoms with Crippen molar-refractivity contribution in [1.29, 1.82) is 0 Å². The van der Waals surface area contributed by atoms with Gasteiger partial charge in [-0.3, -0.25) is 0 Å². The van der Waals surface area contributed by atoms with Gasteiger partial charge in [0.2, 0.25) is 0 Å². The highest BCUT2D eigenvalue weighted by atomic mass is 15.3. The van der Waals surface area contributed by atoms with Crippen molar-refractivity contribution in [2.45, 2.75) is 46.2 Å². The van der Waals surface area contributed by atoms with Crippen LogP contribution >= 0.6 is 0 Å². The van der Waals surface area contributed by atoms with E-state index in [0.29, 0.717) is 6.04 Å². The molecular weight excluding hydrogens is 250 g/mol. The van der Waals surface area contributed by atoms with Gasteiger partial charge in [-0.15, -0.1) is 10.2 Å². The fourth-order valence-corrected chi connectivity index (χ4v) is 2.33. The molecule has 0 radical (unpaired) electrons. The SMILES string of the molecule is CCCNC(CC)c1ccn(Cc2nnc(C)n2C)c1. The van der Waals surface area contributed by atoms with E-state index in [1.165, 1.54) is 5.56 Å². The average molecular weight is 275 g/mol. The third kappa shape index (κ3) is 3.28. The van der Waals surface area contributed by atoms with Crippen LogP contribution in [0.2, 0.25) is 0 Å². The molecule has 0 fully saturated rings. The van der Waals surface area contributed by atoms with Gasteiger partial charge in [-0.25, -0.2) is 0 Å². The summed E-state index contributed by atoms with van der Waals surface area (Å²) in [6.07, 6.45) is 6.60. The lowest BCUT2D eigenvalue weighted by atomic mass is 10.1. The number of hydrogen-bond donors (Lipinski definition) is 1. The number of aryl methyl sites for hydroxylation is 1. The molecular formula is C15H25N5. The predicted octanol–water partition coefficient (Wildman–Crippen LogP) is 2.42. The zero-order valence-corrected chi connectivity index (χ0v) is 12.9. The highest BCUT2D eigenvalue weighted by molar-refractivity contribution is 5.16. The summed E-state index contributed by atoms with van der Waals surface area (Å²) >= 11 is 0. The monoisotopic (exact) mass is 275 g/mol. The molecule has 0 aromatic carbocycles. The Hall–Kier alpha value is -1.62. The molecule has 1 unspecified atom stereocenters. The third-order valence-electron chi connectivity index (χ3n) is 3.73. The Labute approximate surface area is 121 Å². The number of nitrogens with zero attached hydrogens (tertiary/aromatic N) is 4. The molecule has 0 aliphatic rings. The summed E-state index contributed by atoms with van der Waals surface area (Å²) in [7, 11) is 2.01. The summed E-state index contributed by atoms with van der Waals surface area (Å²) < 4.78 is 4.21. The minimum absolute atomic E-state index is 0.442. The minimum atomic E-state index is 0.442. The van der Waals surface area contributed by atoms with Crippen molar-refractivity contribution in [3.63, 3.8) is 0 Å². The van der Waals surface area contributed by atoms with Crippen LogP contribution in [0.4, 0.5) is 0 Å². The normalized spacial score (nSPS) is 12.8. The van der Waals surface area contributed by atoms with Crippen molar-refractivity contribution in [1.82, 2.24) is 24.6 Å². The maximum atomic E-state index is 4.21. The zero-order valence-electron chi connectivity index (χ0n) is 12.9. The third-order valence-corrected chi connectivity index (χ3v) is 3.73. The first-order valence-electron chi connectivity index (χ1n) is 7.39. The van der Waals surface area contributed by atoms with Gasteiger partial charge >= 0.3 is 0 Å². The van der Waals surface area contributed by atoms with Gasteiger partial charge in [0, 0.05) is 25.5 Å². The molecule has 0 saturated heterocycles. The smallest absolute Gasteiger partial charge is 0.152 e. The van der Waals surface area contributed by atoms with Crippen molar-refractivity contribution in [3.05, 3.63) is 35.7 Å². The minimum Gasteiger partial charge on any atom is -0.346 e. The molecule has 110 valence electrons. The molecule has 5 nitrogen and oxygen atoms in total. The number of nitrogens with one attached hydrogen (secondary N) is 1. The van der Waals surface area contributed by atoms with Crippen molar-refractivity contribution < 1.29 is 0 Å². The molecule has 0 spiro atoms.